The van der Waals surface area contributed by atoms with Crippen LogP contribution in [-0.2, 0) is 31.8 Å². The number of carbonyl (C=O) groups is 4. The Morgan fingerprint density at radius 3 is 2.34 bits per heavy atom. The summed E-state index contributed by atoms with van der Waals surface area (Å²) in [6.07, 6.45) is -2.75. The first-order valence-electron chi connectivity index (χ1n) is 13.8. The topological polar surface area (TPSA) is 116 Å². The number of ether oxygens (including phenoxy) is 1. The number of β-lactam (4-membered cyclic amide) rings is 1. The van der Waals surface area contributed by atoms with E-state index in [1.54, 1.807) is 48.6 Å². The van der Waals surface area contributed by atoms with Crippen LogP contribution < -0.4 is 5.32 Å². The first kappa shape index (κ1) is 30.3. The van der Waals surface area contributed by atoms with Gasteiger partial charge < -0.3 is 20.1 Å². The monoisotopic (exact) mass is 607 g/mol. The quantitative estimate of drug-likeness (QED) is 0.324. The molecule has 0 bridgehead atoms. The maximum Gasteiger partial charge on any atom is 0.416 e. The summed E-state index contributed by atoms with van der Waals surface area (Å²) in [5, 5.41) is 12.1. The van der Waals surface area contributed by atoms with E-state index >= 15 is 0 Å². The van der Waals surface area contributed by atoms with Gasteiger partial charge in [-0.25, -0.2) is 4.79 Å². The van der Waals surface area contributed by atoms with Crippen LogP contribution >= 0.6 is 0 Å². The summed E-state index contributed by atoms with van der Waals surface area (Å²) >= 11 is 0. The summed E-state index contributed by atoms with van der Waals surface area (Å²) < 4.78 is 44.8. The average Bonchev–Trinajstić information content (AvgIpc) is 3.38. The number of aliphatic carboxylic acids is 1. The van der Waals surface area contributed by atoms with Crippen molar-refractivity contribution < 1.29 is 42.2 Å². The summed E-state index contributed by atoms with van der Waals surface area (Å²) in [4.78, 5) is 54.4. The molecule has 0 spiro atoms. The van der Waals surface area contributed by atoms with E-state index in [0.717, 1.165) is 28.2 Å². The highest BCUT2D eigenvalue weighted by Gasteiger charge is 2.58. The molecule has 3 aromatic carbocycles. The van der Waals surface area contributed by atoms with Crippen molar-refractivity contribution in [2.24, 2.45) is 0 Å². The number of alkyl halides is 3. The Kier molecular flexibility index (Phi) is 8.70. The standard InChI is InChI=1S/C32H28F3N3O6/c33-32(34,35)23-13-7-10-21(16-23)18-36-29(41)25(17-27(39)40)37-24(15-14-20-8-3-1-4-9-20)28(30(37)42)38-26(19-44-31(38)43)22-11-5-2-6-12-22/h1-16,24-26,28H,17-19H2,(H,36,41)(H,39,40)/t24?,25-,26+,28?/m1/s1. The van der Waals surface area contributed by atoms with Crippen molar-refractivity contribution in [2.75, 3.05) is 6.61 Å². The first-order chi connectivity index (χ1) is 21.0. The second kappa shape index (κ2) is 12.6. The number of nitrogens with zero attached hydrogens (tertiary/aromatic N) is 2. The molecule has 4 atom stereocenters. The normalized spacial score (nSPS) is 20.8. The lowest BCUT2D eigenvalue weighted by Crippen LogP contribution is -2.74. The first-order valence-corrected chi connectivity index (χ1v) is 13.8. The maximum absolute atomic E-state index is 13.8. The van der Waals surface area contributed by atoms with Crippen LogP contribution in [0.2, 0.25) is 0 Å². The summed E-state index contributed by atoms with van der Waals surface area (Å²) in [5.74, 6) is -2.89. The molecule has 12 heteroatoms. The third-order valence-corrected chi connectivity index (χ3v) is 7.56. The number of halogens is 3. The fraction of sp³-hybridized carbons (Fsp3) is 0.250. The molecule has 2 aliphatic heterocycles. The highest BCUT2D eigenvalue weighted by molar-refractivity contribution is 5.99. The molecule has 2 fully saturated rings. The molecule has 3 amide bonds. The van der Waals surface area contributed by atoms with Crippen LogP contribution in [-0.4, -0.2) is 63.5 Å². The van der Waals surface area contributed by atoms with Gasteiger partial charge in [-0.1, -0.05) is 84.9 Å². The number of carboxylic acids is 1. The van der Waals surface area contributed by atoms with Gasteiger partial charge in [-0.3, -0.25) is 19.3 Å². The third kappa shape index (κ3) is 6.43. The molecular weight excluding hydrogens is 579 g/mol. The van der Waals surface area contributed by atoms with E-state index in [-0.39, 0.29) is 18.7 Å². The minimum atomic E-state index is -4.59. The Balaban J connectivity index is 1.44. The van der Waals surface area contributed by atoms with Crippen LogP contribution in [0.15, 0.2) is 91.0 Å². The van der Waals surface area contributed by atoms with E-state index in [1.807, 2.05) is 24.3 Å². The van der Waals surface area contributed by atoms with Gasteiger partial charge in [0.15, 0.2) is 0 Å². The second-order valence-electron chi connectivity index (χ2n) is 10.4. The van der Waals surface area contributed by atoms with Crippen molar-refractivity contribution in [1.29, 1.82) is 0 Å². The molecule has 0 aromatic heterocycles. The Bertz CT molecular complexity index is 1560. The van der Waals surface area contributed by atoms with Gasteiger partial charge in [0, 0.05) is 6.54 Å². The molecule has 3 aromatic rings. The SMILES string of the molecule is O=C(O)C[C@H](C(=O)NCc1cccc(C(F)(F)F)c1)N1C(=O)C(N2C(=O)OC[C@H]2c2ccccc2)C1C=Cc1ccccc1. The number of nitrogens with one attached hydrogen (secondary N) is 1. The molecule has 2 saturated heterocycles. The smallest absolute Gasteiger partial charge is 0.416 e. The largest absolute Gasteiger partial charge is 0.481 e. The van der Waals surface area contributed by atoms with Crippen LogP contribution in [0.5, 0.6) is 0 Å². The van der Waals surface area contributed by atoms with E-state index in [4.69, 9.17) is 4.74 Å². The lowest BCUT2D eigenvalue weighted by Gasteiger charge is -2.52. The number of carboxylic acid groups (broad SMARTS) is 1. The molecule has 0 saturated carbocycles. The van der Waals surface area contributed by atoms with Gasteiger partial charge in [-0.2, -0.15) is 13.2 Å². The van der Waals surface area contributed by atoms with Crippen molar-refractivity contribution in [3.63, 3.8) is 0 Å². The molecule has 2 heterocycles. The summed E-state index contributed by atoms with van der Waals surface area (Å²) in [5.41, 5.74) is 0.735. The molecular formula is C32H28F3N3O6. The van der Waals surface area contributed by atoms with Gasteiger partial charge in [0.05, 0.1) is 24.1 Å². The minimum absolute atomic E-state index is 0.00221. The molecule has 44 heavy (non-hydrogen) atoms. The van der Waals surface area contributed by atoms with Crippen molar-refractivity contribution in [2.45, 2.75) is 43.3 Å². The van der Waals surface area contributed by atoms with Crippen molar-refractivity contribution >= 4 is 30.0 Å². The van der Waals surface area contributed by atoms with Crippen LogP contribution in [0.25, 0.3) is 6.08 Å². The van der Waals surface area contributed by atoms with E-state index in [1.165, 1.54) is 17.0 Å². The Morgan fingerprint density at radius 2 is 1.68 bits per heavy atom. The van der Waals surface area contributed by atoms with Gasteiger partial charge in [0.2, 0.25) is 11.8 Å². The van der Waals surface area contributed by atoms with E-state index in [9.17, 15) is 37.5 Å². The molecule has 228 valence electrons. The fourth-order valence-corrected chi connectivity index (χ4v) is 5.45. The summed E-state index contributed by atoms with van der Waals surface area (Å²) in [7, 11) is 0. The predicted octanol–water partition coefficient (Wildman–Crippen LogP) is 4.65. The highest BCUT2D eigenvalue weighted by Crippen LogP contribution is 2.39. The second-order valence-corrected chi connectivity index (χ2v) is 10.4. The van der Waals surface area contributed by atoms with Crippen molar-refractivity contribution in [3.8, 4) is 0 Å². The molecule has 0 radical (unpaired) electrons. The number of benzene rings is 3. The van der Waals surface area contributed by atoms with Gasteiger partial charge in [0.1, 0.15) is 18.7 Å². The zero-order valence-corrected chi connectivity index (χ0v) is 23.2. The van der Waals surface area contributed by atoms with E-state index in [0.29, 0.717) is 0 Å². The molecule has 5 rings (SSSR count). The van der Waals surface area contributed by atoms with Crippen molar-refractivity contribution in [1.82, 2.24) is 15.1 Å². The predicted molar refractivity (Wildman–Crippen MR) is 152 cm³/mol. The molecule has 2 aliphatic rings. The maximum atomic E-state index is 13.8. The average molecular weight is 608 g/mol. The number of hydrogen-bond donors (Lipinski definition) is 2. The Hall–Kier alpha value is -5.13. The summed E-state index contributed by atoms with van der Waals surface area (Å²) in [6, 6.07) is 18.3. The number of hydrogen-bond acceptors (Lipinski definition) is 5. The Morgan fingerprint density at radius 1 is 1.00 bits per heavy atom. The zero-order chi connectivity index (χ0) is 31.4. The van der Waals surface area contributed by atoms with Crippen LogP contribution in [0.4, 0.5) is 18.0 Å². The fourth-order valence-electron chi connectivity index (χ4n) is 5.45. The molecule has 2 N–H and O–H groups in total. The molecule has 2 unspecified atom stereocenters. The number of cyclic esters (lactones) is 1. The molecule has 0 aliphatic carbocycles. The number of amides is 3. The Labute approximate surface area is 250 Å². The third-order valence-electron chi connectivity index (χ3n) is 7.56. The van der Waals surface area contributed by atoms with Gasteiger partial charge in [0.25, 0.3) is 0 Å². The van der Waals surface area contributed by atoms with E-state index < -0.39 is 66.2 Å². The van der Waals surface area contributed by atoms with Crippen molar-refractivity contribution in [3.05, 3.63) is 113 Å². The van der Waals surface area contributed by atoms with Crippen LogP contribution in [0.1, 0.15) is 34.7 Å². The zero-order valence-electron chi connectivity index (χ0n) is 23.2. The number of carbonyl (C=O) groups excluding carboxylic acids is 3. The lowest BCUT2D eigenvalue weighted by atomic mass is 9.87. The van der Waals surface area contributed by atoms with Gasteiger partial charge >= 0.3 is 18.2 Å². The lowest BCUT2D eigenvalue weighted by molar-refractivity contribution is -0.165. The number of rotatable bonds is 10. The minimum Gasteiger partial charge on any atom is -0.481 e. The van der Waals surface area contributed by atoms with Gasteiger partial charge in [-0.05, 0) is 28.8 Å². The number of likely N-dealkylation sites (tertiary alicyclic amines) is 1. The highest BCUT2D eigenvalue weighted by atomic mass is 19.4. The van der Waals surface area contributed by atoms with E-state index in [2.05, 4.69) is 5.32 Å². The molecule has 9 nitrogen and oxygen atoms in total. The van der Waals surface area contributed by atoms with Crippen LogP contribution in [0.3, 0.4) is 0 Å². The summed E-state index contributed by atoms with van der Waals surface area (Å²) in [6.45, 7) is -0.332. The van der Waals surface area contributed by atoms with Crippen LogP contribution in [0, 0.1) is 0 Å². The van der Waals surface area contributed by atoms with Gasteiger partial charge in [-0.15, -0.1) is 0 Å².